The SMILES string of the molecule is CCCN(CC(=O)O)C(=O)c1csc(S(C)(=O)=O)c1. The van der Waals surface area contributed by atoms with E-state index in [-0.39, 0.29) is 9.77 Å². The van der Waals surface area contributed by atoms with Gasteiger partial charge in [0.2, 0.25) is 0 Å². The Bertz CT molecular complexity index is 576. The maximum absolute atomic E-state index is 12.1. The lowest BCUT2D eigenvalue weighted by atomic mass is 10.2. The van der Waals surface area contributed by atoms with E-state index in [9.17, 15) is 18.0 Å². The van der Waals surface area contributed by atoms with E-state index in [2.05, 4.69) is 0 Å². The summed E-state index contributed by atoms with van der Waals surface area (Å²) in [6.07, 6.45) is 1.69. The minimum atomic E-state index is -3.35. The number of carboxylic acids is 1. The molecule has 0 unspecified atom stereocenters. The van der Waals surface area contributed by atoms with Crippen LogP contribution in [0.15, 0.2) is 15.7 Å². The summed E-state index contributed by atoms with van der Waals surface area (Å²) in [5, 5.41) is 10.2. The van der Waals surface area contributed by atoms with Crippen molar-refractivity contribution in [3.8, 4) is 0 Å². The molecule has 8 heteroatoms. The summed E-state index contributed by atoms with van der Waals surface area (Å²) in [7, 11) is -3.35. The van der Waals surface area contributed by atoms with Crippen molar-refractivity contribution >= 4 is 33.1 Å². The third kappa shape index (κ3) is 4.32. The van der Waals surface area contributed by atoms with Crippen LogP contribution in [-0.2, 0) is 14.6 Å². The monoisotopic (exact) mass is 305 g/mol. The molecule has 0 atom stereocenters. The van der Waals surface area contributed by atoms with E-state index >= 15 is 0 Å². The van der Waals surface area contributed by atoms with E-state index in [1.807, 2.05) is 6.92 Å². The number of carbonyl (C=O) groups is 2. The zero-order valence-corrected chi connectivity index (χ0v) is 12.3. The normalized spacial score (nSPS) is 11.3. The molecule has 6 nitrogen and oxygen atoms in total. The minimum Gasteiger partial charge on any atom is -0.480 e. The number of aliphatic carboxylic acids is 1. The number of carboxylic acid groups (broad SMARTS) is 1. The van der Waals surface area contributed by atoms with E-state index in [0.29, 0.717) is 13.0 Å². The van der Waals surface area contributed by atoms with Crippen molar-refractivity contribution in [2.24, 2.45) is 0 Å². The van der Waals surface area contributed by atoms with E-state index in [1.54, 1.807) is 0 Å². The molecule has 0 aromatic carbocycles. The Morgan fingerprint density at radius 2 is 2.05 bits per heavy atom. The van der Waals surface area contributed by atoms with Crippen LogP contribution in [0.25, 0.3) is 0 Å². The van der Waals surface area contributed by atoms with Crippen LogP contribution in [0.2, 0.25) is 0 Å². The molecule has 0 aliphatic heterocycles. The van der Waals surface area contributed by atoms with Crippen LogP contribution in [0, 0.1) is 0 Å². The third-order valence-electron chi connectivity index (χ3n) is 2.29. The summed E-state index contributed by atoms with van der Waals surface area (Å²) in [4.78, 5) is 24.0. The zero-order chi connectivity index (χ0) is 14.6. The summed E-state index contributed by atoms with van der Waals surface area (Å²) in [5.41, 5.74) is 0.208. The second kappa shape index (κ2) is 6.16. The lowest BCUT2D eigenvalue weighted by molar-refractivity contribution is -0.137. The number of sulfone groups is 1. The number of carbonyl (C=O) groups excluding carboxylic acids is 1. The fourth-order valence-electron chi connectivity index (χ4n) is 1.49. The van der Waals surface area contributed by atoms with Crippen molar-refractivity contribution in [3.63, 3.8) is 0 Å². The second-order valence-electron chi connectivity index (χ2n) is 4.05. The van der Waals surface area contributed by atoms with Crippen molar-refractivity contribution in [1.29, 1.82) is 0 Å². The van der Waals surface area contributed by atoms with Crippen molar-refractivity contribution in [3.05, 3.63) is 17.0 Å². The van der Waals surface area contributed by atoms with E-state index < -0.39 is 28.3 Å². The highest BCUT2D eigenvalue weighted by Gasteiger charge is 2.21. The first-order chi connectivity index (χ1) is 8.75. The van der Waals surface area contributed by atoms with Gasteiger partial charge in [-0.2, -0.15) is 0 Å². The van der Waals surface area contributed by atoms with Crippen molar-refractivity contribution in [2.75, 3.05) is 19.3 Å². The van der Waals surface area contributed by atoms with Crippen molar-refractivity contribution in [2.45, 2.75) is 17.6 Å². The average molecular weight is 305 g/mol. The first-order valence-electron chi connectivity index (χ1n) is 5.55. The van der Waals surface area contributed by atoms with E-state index in [4.69, 9.17) is 5.11 Å². The highest BCUT2D eigenvalue weighted by atomic mass is 32.2. The molecule has 1 heterocycles. The van der Waals surface area contributed by atoms with Crippen molar-refractivity contribution in [1.82, 2.24) is 4.90 Å². The molecule has 0 aliphatic rings. The summed E-state index contributed by atoms with van der Waals surface area (Å²) in [5.74, 6) is -1.56. The minimum absolute atomic E-state index is 0.0997. The molecule has 0 aliphatic carbocycles. The molecule has 1 aromatic rings. The van der Waals surface area contributed by atoms with Gasteiger partial charge in [0, 0.05) is 18.2 Å². The Labute approximate surface area is 115 Å². The van der Waals surface area contributed by atoms with Gasteiger partial charge in [0.05, 0.1) is 5.56 Å². The van der Waals surface area contributed by atoms with E-state index in [1.165, 1.54) is 16.3 Å². The quantitative estimate of drug-likeness (QED) is 0.849. The summed E-state index contributed by atoms with van der Waals surface area (Å²) >= 11 is 0.956. The van der Waals surface area contributed by atoms with Gasteiger partial charge in [0.15, 0.2) is 9.84 Å². The fourth-order valence-corrected chi connectivity index (χ4v) is 3.28. The van der Waals surface area contributed by atoms with Gasteiger partial charge in [-0.05, 0) is 12.5 Å². The number of rotatable bonds is 6. The largest absolute Gasteiger partial charge is 0.480 e. The standard InChI is InChI=1S/C11H15NO5S2/c1-3-4-12(6-9(13)14)11(15)8-5-10(18-7-8)19(2,16)17/h5,7H,3-4,6H2,1-2H3,(H,13,14). The molecule has 0 fully saturated rings. The Balaban J connectivity index is 2.97. The lowest BCUT2D eigenvalue weighted by Crippen LogP contribution is -2.36. The molecule has 0 spiro atoms. The Kier molecular flexibility index (Phi) is 5.07. The molecule has 1 amide bonds. The van der Waals surface area contributed by atoms with Gasteiger partial charge in [-0.15, -0.1) is 11.3 Å². The summed E-state index contributed by atoms with van der Waals surface area (Å²) in [6.45, 7) is 1.75. The van der Waals surface area contributed by atoms with Crippen LogP contribution in [0.3, 0.4) is 0 Å². The highest BCUT2D eigenvalue weighted by Crippen LogP contribution is 2.21. The van der Waals surface area contributed by atoms with Gasteiger partial charge in [0.25, 0.3) is 5.91 Å². The van der Waals surface area contributed by atoms with Crippen molar-refractivity contribution < 1.29 is 23.1 Å². The molecule has 1 N–H and O–H groups in total. The predicted molar refractivity (Wildman–Crippen MR) is 71.3 cm³/mol. The average Bonchev–Trinajstić information content (AvgIpc) is 2.75. The molecular formula is C11H15NO5S2. The third-order valence-corrected chi connectivity index (χ3v) is 5.06. The molecule has 0 saturated heterocycles. The number of hydrogen-bond acceptors (Lipinski definition) is 5. The molecule has 0 radical (unpaired) electrons. The topological polar surface area (TPSA) is 91.8 Å². The van der Waals surface area contributed by atoms with Gasteiger partial charge in [-0.25, -0.2) is 8.42 Å². The Morgan fingerprint density at radius 1 is 1.42 bits per heavy atom. The van der Waals surface area contributed by atoms with Crippen LogP contribution >= 0.6 is 11.3 Å². The molecule has 0 saturated carbocycles. The Hall–Kier alpha value is -1.41. The van der Waals surface area contributed by atoms with Gasteiger partial charge in [-0.3, -0.25) is 9.59 Å². The second-order valence-corrected chi connectivity index (χ2v) is 7.20. The highest BCUT2D eigenvalue weighted by molar-refractivity contribution is 7.92. The molecule has 1 rings (SSSR count). The van der Waals surface area contributed by atoms with Crippen LogP contribution in [-0.4, -0.2) is 49.6 Å². The number of hydrogen-bond donors (Lipinski definition) is 1. The van der Waals surface area contributed by atoms with E-state index in [0.717, 1.165) is 17.6 Å². The molecular weight excluding hydrogens is 290 g/mol. The molecule has 19 heavy (non-hydrogen) atoms. The van der Waals surface area contributed by atoms with Gasteiger partial charge in [0.1, 0.15) is 10.8 Å². The molecule has 1 aromatic heterocycles. The van der Waals surface area contributed by atoms with Gasteiger partial charge < -0.3 is 10.0 Å². The first-order valence-corrected chi connectivity index (χ1v) is 8.32. The smallest absolute Gasteiger partial charge is 0.323 e. The zero-order valence-electron chi connectivity index (χ0n) is 10.6. The Morgan fingerprint density at radius 3 is 2.47 bits per heavy atom. The maximum atomic E-state index is 12.1. The predicted octanol–water partition coefficient (Wildman–Crippen LogP) is 1.09. The summed E-state index contributed by atoms with van der Waals surface area (Å²) in [6, 6.07) is 1.28. The van der Waals surface area contributed by atoms with Crippen LogP contribution in [0.5, 0.6) is 0 Å². The van der Waals surface area contributed by atoms with Gasteiger partial charge in [-0.1, -0.05) is 6.92 Å². The van der Waals surface area contributed by atoms with Crippen LogP contribution in [0.1, 0.15) is 23.7 Å². The van der Waals surface area contributed by atoms with Crippen LogP contribution < -0.4 is 0 Å². The number of amides is 1. The number of thiophene rings is 1. The molecule has 0 bridgehead atoms. The first kappa shape index (κ1) is 15.6. The summed E-state index contributed by atoms with van der Waals surface area (Å²) < 4.78 is 22.8. The number of nitrogens with zero attached hydrogens (tertiary/aromatic N) is 1. The van der Waals surface area contributed by atoms with Gasteiger partial charge >= 0.3 is 5.97 Å². The fraction of sp³-hybridized carbons (Fsp3) is 0.455. The molecule has 106 valence electrons. The van der Waals surface area contributed by atoms with Crippen LogP contribution in [0.4, 0.5) is 0 Å². The maximum Gasteiger partial charge on any atom is 0.323 e. The lowest BCUT2D eigenvalue weighted by Gasteiger charge is -2.19.